The molecule has 3 rings (SSSR count). The quantitative estimate of drug-likeness (QED) is 0.885. The first-order chi connectivity index (χ1) is 10.2. The summed E-state index contributed by atoms with van der Waals surface area (Å²) in [5, 5.41) is 6.18. The van der Waals surface area contributed by atoms with Gasteiger partial charge in [-0.15, -0.1) is 0 Å². The molecule has 2 N–H and O–H groups in total. The highest BCUT2D eigenvalue weighted by molar-refractivity contribution is 5.98. The van der Waals surface area contributed by atoms with Crippen LogP contribution >= 0.6 is 0 Å². The van der Waals surface area contributed by atoms with Gasteiger partial charge < -0.3 is 15.5 Å². The number of nitrogens with one attached hydrogen (secondary N) is 2. The second kappa shape index (κ2) is 6.26. The number of carbonyl (C=O) groups excluding carboxylic acids is 2. The maximum atomic E-state index is 12.5. The molecule has 21 heavy (non-hydrogen) atoms. The summed E-state index contributed by atoms with van der Waals surface area (Å²) in [7, 11) is 0. The van der Waals surface area contributed by atoms with Crippen molar-refractivity contribution in [2.75, 3.05) is 31.5 Å². The summed E-state index contributed by atoms with van der Waals surface area (Å²) in [5.74, 6) is 0.279. The van der Waals surface area contributed by atoms with Gasteiger partial charge in [-0.3, -0.25) is 9.59 Å². The highest BCUT2D eigenvalue weighted by Crippen LogP contribution is 2.30. The summed E-state index contributed by atoms with van der Waals surface area (Å²) in [4.78, 5) is 26.2. The van der Waals surface area contributed by atoms with Crippen LogP contribution in [0.3, 0.4) is 0 Å². The van der Waals surface area contributed by atoms with Crippen molar-refractivity contribution in [3.63, 3.8) is 0 Å². The minimum absolute atomic E-state index is 0.0428. The molecule has 0 spiro atoms. The van der Waals surface area contributed by atoms with E-state index in [1.165, 1.54) is 0 Å². The minimum atomic E-state index is 0.0428. The standard InChI is InChI=1S/C16H21N3O2/c20-15(12-5-6-12)18-14-4-1-3-13(11-14)16(21)19-9-2-7-17-8-10-19/h1,3-4,11-12,17H,2,5-10H2,(H,18,20). The average molecular weight is 287 g/mol. The SMILES string of the molecule is O=C(Nc1cccc(C(=O)N2CCCNCC2)c1)C1CC1. The van der Waals surface area contributed by atoms with Gasteiger partial charge in [-0.1, -0.05) is 6.07 Å². The second-order valence-electron chi connectivity index (χ2n) is 5.74. The van der Waals surface area contributed by atoms with Crippen LogP contribution in [0, 0.1) is 5.92 Å². The van der Waals surface area contributed by atoms with E-state index in [0.717, 1.165) is 45.4 Å². The smallest absolute Gasteiger partial charge is 0.253 e. The van der Waals surface area contributed by atoms with Crippen LogP contribution in [-0.2, 0) is 4.79 Å². The van der Waals surface area contributed by atoms with E-state index in [0.29, 0.717) is 11.3 Å². The number of hydrogen-bond donors (Lipinski definition) is 2. The molecule has 0 unspecified atom stereocenters. The lowest BCUT2D eigenvalue weighted by molar-refractivity contribution is -0.117. The lowest BCUT2D eigenvalue weighted by Crippen LogP contribution is -2.34. The number of nitrogens with zero attached hydrogens (tertiary/aromatic N) is 1. The van der Waals surface area contributed by atoms with Gasteiger partial charge in [0.25, 0.3) is 5.91 Å². The van der Waals surface area contributed by atoms with Crippen LogP contribution < -0.4 is 10.6 Å². The van der Waals surface area contributed by atoms with Crippen molar-refractivity contribution in [2.24, 2.45) is 5.92 Å². The van der Waals surface area contributed by atoms with Gasteiger partial charge in [-0.25, -0.2) is 0 Å². The summed E-state index contributed by atoms with van der Waals surface area (Å²) in [6, 6.07) is 7.25. The summed E-state index contributed by atoms with van der Waals surface area (Å²) < 4.78 is 0. The van der Waals surface area contributed by atoms with E-state index in [2.05, 4.69) is 10.6 Å². The molecule has 1 saturated carbocycles. The van der Waals surface area contributed by atoms with Gasteiger partial charge in [0, 0.05) is 36.8 Å². The molecule has 0 radical (unpaired) electrons. The number of rotatable bonds is 3. The zero-order valence-corrected chi connectivity index (χ0v) is 12.1. The Labute approximate surface area is 124 Å². The van der Waals surface area contributed by atoms with Gasteiger partial charge in [0.15, 0.2) is 0 Å². The molecule has 1 aliphatic carbocycles. The molecule has 1 saturated heterocycles. The maximum Gasteiger partial charge on any atom is 0.253 e. The molecule has 1 heterocycles. The van der Waals surface area contributed by atoms with Gasteiger partial charge in [0.05, 0.1) is 0 Å². The van der Waals surface area contributed by atoms with E-state index in [9.17, 15) is 9.59 Å². The van der Waals surface area contributed by atoms with Crippen molar-refractivity contribution in [2.45, 2.75) is 19.3 Å². The highest BCUT2D eigenvalue weighted by atomic mass is 16.2. The molecule has 0 bridgehead atoms. The summed E-state index contributed by atoms with van der Waals surface area (Å²) in [6.45, 7) is 3.31. The maximum absolute atomic E-state index is 12.5. The first-order valence-corrected chi connectivity index (χ1v) is 7.65. The predicted molar refractivity (Wildman–Crippen MR) is 81.2 cm³/mol. The van der Waals surface area contributed by atoms with Gasteiger partial charge in [0.2, 0.25) is 5.91 Å². The summed E-state index contributed by atoms with van der Waals surface area (Å²) in [6.07, 6.45) is 2.93. The van der Waals surface area contributed by atoms with Crippen molar-refractivity contribution < 1.29 is 9.59 Å². The molecule has 2 amide bonds. The van der Waals surface area contributed by atoms with Crippen LogP contribution in [0.25, 0.3) is 0 Å². The number of amides is 2. The Hall–Kier alpha value is -1.88. The molecule has 5 nitrogen and oxygen atoms in total. The lowest BCUT2D eigenvalue weighted by atomic mass is 10.1. The van der Waals surface area contributed by atoms with E-state index >= 15 is 0 Å². The third-order valence-corrected chi connectivity index (χ3v) is 3.95. The highest BCUT2D eigenvalue weighted by Gasteiger charge is 2.29. The van der Waals surface area contributed by atoms with Gasteiger partial charge in [-0.05, 0) is 44.0 Å². The molecular weight excluding hydrogens is 266 g/mol. The number of anilines is 1. The zero-order chi connectivity index (χ0) is 14.7. The lowest BCUT2D eigenvalue weighted by Gasteiger charge is -2.20. The van der Waals surface area contributed by atoms with Crippen LogP contribution in [0.1, 0.15) is 29.6 Å². The molecule has 2 aliphatic rings. The Bertz CT molecular complexity index is 532. The molecule has 112 valence electrons. The van der Waals surface area contributed by atoms with E-state index in [1.807, 2.05) is 23.1 Å². The molecule has 1 aromatic rings. The van der Waals surface area contributed by atoms with Crippen molar-refractivity contribution in [1.82, 2.24) is 10.2 Å². The van der Waals surface area contributed by atoms with Crippen LogP contribution in [0.5, 0.6) is 0 Å². The van der Waals surface area contributed by atoms with Gasteiger partial charge in [-0.2, -0.15) is 0 Å². The van der Waals surface area contributed by atoms with Crippen molar-refractivity contribution in [3.05, 3.63) is 29.8 Å². The van der Waals surface area contributed by atoms with Crippen LogP contribution in [-0.4, -0.2) is 42.9 Å². The number of hydrogen-bond acceptors (Lipinski definition) is 3. The van der Waals surface area contributed by atoms with Gasteiger partial charge >= 0.3 is 0 Å². The summed E-state index contributed by atoms with van der Waals surface area (Å²) in [5.41, 5.74) is 1.36. The normalized spacial score (nSPS) is 19.0. The van der Waals surface area contributed by atoms with E-state index in [-0.39, 0.29) is 17.7 Å². The van der Waals surface area contributed by atoms with Crippen molar-refractivity contribution in [1.29, 1.82) is 0 Å². The van der Waals surface area contributed by atoms with E-state index in [1.54, 1.807) is 6.07 Å². The third-order valence-electron chi connectivity index (χ3n) is 3.95. The molecule has 5 heteroatoms. The summed E-state index contributed by atoms with van der Waals surface area (Å²) >= 11 is 0. The van der Waals surface area contributed by atoms with Crippen molar-refractivity contribution in [3.8, 4) is 0 Å². The van der Waals surface area contributed by atoms with Crippen molar-refractivity contribution >= 4 is 17.5 Å². The fourth-order valence-corrected chi connectivity index (χ4v) is 2.55. The Balaban J connectivity index is 1.68. The van der Waals surface area contributed by atoms with E-state index in [4.69, 9.17) is 0 Å². The number of carbonyl (C=O) groups is 2. The fourth-order valence-electron chi connectivity index (χ4n) is 2.55. The largest absolute Gasteiger partial charge is 0.337 e. The van der Waals surface area contributed by atoms with Crippen LogP contribution in [0.2, 0.25) is 0 Å². The minimum Gasteiger partial charge on any atom is -0.337 e. The molecule has 2 fully saturated rings. The molecule has 0 aromatic heterocycles. The van der Waals surface area contributed by atoms with Crippen LogP contribution in [0.4, 0.5) is 5.69 Å². The Kier molecular flexibility index (Phi) is 4.20. The monoisotopic (exact) mass is 287 g/mol. The average Bonchev–Trinajstić information content (AvgIpc) is 3.33. The van der Waals surface area contributed by atoms with Crippen LogP contribution in [0.15, 0.2) is 24.3 Å². The van der Waals surface area contributed by atoms with Gasteiger partial charge in [0.1, 0.15) is 0 Å². The zero-order valence-electron chi connectivity index (χ0n) is 12.1. The predicted octanol–water partition coefficient (Wildman–Crippen LogP) is 1.47. The first-order valence-electron chi connectivity index (χ1n) is 7.65. The third kappa shape index (κ3) is 3.61. The fraction of sp³-hybridized carbons (Fsp3) is 0.500. The Morgan fingerprint density at radius 3 is 2.86 bits per heavy atom. The first kappa shape index (κ1) is 14.1. The topological polar surface area (TPSA) is 61.4 Å². The molecule has 1 aromatic carbocycles. The Morgan fingerprint density at radius 2 is 2.05 bits per heavy atom. The molecule has 1 aliphatic heterocycles. The van der Waals surface area contributed by atoms with E-state index < -0.39 is 0 Å². The Morgan fingerprint density at radius 1 is 1.19 bits per heavy atom. The number of benzene rings is 1. The molecular formula is C16H21N3O2. The second-order valence-corrected chi connectivity index (χ2v) is 5.74. The molecule has 0 atom stereocenters.